The molecule has 0 saturated carbocycles. The Bertz CT molecular complexity index is 1100. The Morgan fingerprint density at radius 2 is 1.84 bits per heavy atom. The number of anilines is 1. The van der Waals surface area contributed by atoms with Gasteiger partial charge in [0.15, 0.2) is 0 Å². The number of hydrogen-bond acceptors (Lipinski definition) is 4. The average Bonchev–Trinajstić information content (AvgIpc) is 2.80. The normalized spacial score (nSPS) is 19.3. The topological polar surface area (TPSA) is 68.5 Å². The van der Waals surface area contributed by atoms with E-state index in [0.29, 0.717) is 25.2 Å². The highest BCUT2D eigenvalue weighted by Crippen LogP contribution is 2.40. The van der Waals surface area contributed by atoms with Crippen molar-refractivity contribution >= 4 is 11.9 Å². The van der Waals surface area contributed by atoms with Gasteiger partial charge in [0.25, 0.3) is 0 Å². The Hall–Kier alpha value is -3.67. The number of nitrogens with two attached hydrogens (primary N) is 1. The summed E-state index contributed by atoms with van der Waals surface area (Å²) in [5.74, 6) is 0.161. The molecule has 1 aliphatic rings. The third-order valence-corrected chi connectivity index (χ3v) is 6.10. The predicted octanol–water partition coefficient (Wildman–Crippen LogP) is 5.84. The van der Waals surface area contributed by atoms with Gasteiger partial charge in [0.1, 0.15) is 17.2 Å². The van der Waals surface area contributed by atoms with Gasteiger partial charge in [-0.2, -0.15) is 0 Å². The van der Waals surface area contributed by atoms with Crippen LogP contribution >= 0.6 is 0 Å². The summed E-state index contributed by atoms with van der Waals surface area (Å²) in [4.78, 5) is 18.9. The Morgan fingerprint density at radius 3 is 2.44 bits per heavy atom. The van der Waals surface area contributed by atoms with Gasteiger partial charge in [-0.1, -0.05) is 42.5 Å². The minimum absolute atomic E-state index is 0.156. The van der Waals surface area contributed by atoms with E-state index in [1.54, 1.807) is 35.4 Å². The molecule has 1 saturated heterocycles. The fraction of sp³-hybridized carbons (Fsp3) is 0.231. The zero-order chi connectivity index (χ0) is 22.7. The predicted molar refractivity (Wildman–Crippen MR) is 123 cm³/mol. The van der Waals surface area contributed by atoms with Gasteiger partial charge in [-0.15, -0.1) is 6.58 Å². The molecule has 2 atom stereocenters. The molecule has 0 aliphatic carbocycles. The fourth-order valence-electron chi connectivity index (χ4n) is 4.18. The lowest BCUT2D eigenvalue weighted by molar-refractivity contribution is -0.0588. The van der Waals surface area contributed by atoms with Crippen molar-refractivity contribution in [3.05, 3.63) is 96.5 Å². The minimum Gasteiger partial charge on any atom is -0.437 e. The van der Waals surface area contributed by atoms with Crippen LogP contribution in [0.25, 0.3) is 11.1 Å². The third-order valence-electron chi connectivity index (χ3n) is 6.10. The molecule has 164 valence electrons. The maximum atomic E-state index is 13.4. The summed E-state index contributed by atoms with van der Waals surface area (Å²) >= 11 is 0. The summed E-state index contributed by atoms with van der Waals surface area (Å²) in [5, 5.41) is 0. The lowest BCUT2D eigenvalue weighted by Gasteiger charge is -2.43. The van der Waals surface area contributed by atoms with E-state index < -0.39 is 5.60 Å². The molecule has 2 N–H and O–H groups in total. The summed E-state index contributed by atoms with van der Waals surface area (Å²) < 4.78 is 19.4. The van der Waals surface area contributed by atoms with Crippen LogP contribution in [0.2, 0.25) is 0 Å². The van der Waals surface area contributed by atoms with Crippen LogP contribution in [0, 0.1) is 5.82 Å². The number of benzene rings is 2. The lowest BCUT2D eigenvalue weighted by atomic mass is 9.85. The molecule has 1 aromatic heterocycles. The van der Waals surface area contributed by atoms with Crippen molar-refractivity contribution in [3.63, 3.8) is 0 Å². The van der Waals surface area contributed by atoms with Crippen LogP contribution in [0.3, 0.4) is 0 Å². The molecule has 2 heterocycles. The molecule has 5 nitrogen and oxygen atoms in total. The zero-order valence-corrected chi connectivity index (χ0v) is 18.0. The largest absolute Gasteiger partial charge is 0.437 e. The van der Waals surface area contributed by atoms with Crippen molar-refractivity contribution in [1.29, 1.82) is 0 Å². The van der Waals surface area contributed by atoms with Gasteiger partial charge in [-0.3, -0.25) is 0 Å². The van der Waals surface area contributed by atoms with Crippen LogP contribution in [-0.2, 0) is 10.3 Å². The number of aromatic nitrogens is 1. The molecule has 0 bridgehead atoms. The number of ether oxygens (including phenoxy) is 1. The number of nitrogens with zero attached hydrogens (tertiary/aromatic N) is 2. The molecule has 0 unspecified atom stereocenters. The van der Waals surface area contributed by atoms with Crippen molar-refractivity contribution < 1.29 is 13.9 Å². The first-order valence-electron chi connectivity index (χ1n) is 10.6. The van der Waals surface area contributed by atoms with Gasteiger partial charge >= 0.3 is 6.09 Å². The van der Waals surface area contributed by atoms with Crippen LogP contribution < -0.4 is 5.73 Å². The molecule has 6 heteroatoms. The van der Waals surface area contributed by atoms with Crippen molar-refractivity contribution in [1.82, 2.24) is 9.88 Å². The molecule has 0 radical (unpaired) electrons. The monoisotopic (exact) mass is 431 g/mol. The second-order valence-corrected chi connectivity index (χ2v) is 8.08. The number of pyridine rings is 1. The van der Waals surface area contributed by atoms with Crippen LogP contribution in [0.4, 0.5) is 15.0 Å². The molecular weight excluding hydrogens is 405 g/mol. The van der Waals surface area contributed by atoms with Gasteiger partial charge in [0.05, 0.1) is 6.04 Å². The van der Waals surface area contributed by atoms with E-state index in [9.17, 15) is 9.18 Å². The maximum absolute atomic E-state index is 13.4. The molecule has 1 fully saturated rings. The second-order valence-electron chi connectivity index (χ2n) is 8.08. The SMILES string of the molecule is C=CC[C@]1(c2ccc(F)cc2)CCN([C@@H](C)c2ccc(-c3ccc(N)nc3)cc2)C(=O)O1. The van der Waals surface area contributed by atoms with E-state index in [4.69, 9.17) is 10.5 Å². The number of rotatable bonds is 6. The first kappa shape index (κ1) is 21.6. The first-order chi connectivity index (χ1) is 15.4. The zero-order valence-electron chi connectivity index (χ0n) is 18.0. The van der Waals surface area contributed by atoms with E-state index in [2.05, 4.69) is 11.6 Å². The number of carbonyl (C=O) groups is 1. The number of hydrogen-bond donors (Lipinski definition) is 1. The maximum Gasteiger partial charge on any atom is 0.411 e. The summed E-state index contributed by atoms with van der Waals surface area (Å²) in [6.07, 6.45) is 4.15. The van der Waals surface area contributed by atoms with Crippen LogP contribution in [0.5, 0.6) is 0 Å². The Morgan fingerprint density at radius 1 is 1.16 bits per heavy atom. The number of halogens is 1. The second kappa shape index (κ2) is 8.83. The van der Waals surface area contributed by atoms with Gasteiger partial charge in [0, 0.05) is 31.1 Å². The summed E-state index contributed by atoms with van der Waals surface area (Å²) in [7, 11) is 0. The third kappa shape index (κ3) is 4.21. The number of amides is 1. The van der Waals surface area contributed by atoms with E-state index in [-0.39, 0.29) is 18.0 Å². The van der Waals surface area contributed by atoms with E-state index in [1.807, 2.05) is 37.3 Å². The quantitative estimate of drug-likeness (QED) is 0.498. The highest BCUT2D eigenvalue weighted by Gasteiger charge is 2.42. The average molecular weight is 432 g/mol. The standard InChI is InChI=1S/C26H26FN3O2/c1-3-14-26(22-9-11-23(27)12-10-22)15-16-30(25(31)32-26)18(2)19-4-6-20(7-5-19)21-8-13-24(28)29-17-21/h3-13,17-18H,1,14-16H2,2H3,(H2,28,29)/t18-,26+/m0/s1. The van der Waals surface area contributed by atoms with E-state index in [0.717, 1.165) is 22.3 Å². The minimum atomic E-state index is -0.825. The summed E-state index contributed by atoms with van der Waals surface area (Å²) in [5.41, 5.74) is 8.62. The Kier molecular flexibility index (Phi) is 5.95. The molecular formula is C26H26FN3O2. The lowest BCUT2D eigenvalue weighted by Crippen LogP contribution is -2.48. The van der Waals surface area contributed by atoms with Gasteiger partial charge < -0.3 is 15.4 Å². The van der Waals surface area contributed by atoms with Gasteiger partial charge in [-0.25, -0.2) is 14.2 Å². The number of cyclic esters (lactones) is 1. The first-order valence-corrected chi connectivity index (χ1v) is 10.6. The molecule has 0 spiro atoms. The number of nitrogen functional groups attached to an aromatic ring is 1. The molecule has 4 rings (SSSR count). The Labute approximate surface area is 187 Å². The molecule has 3 aromatic rings. The van der Waals surface area contributed by atoms with E-state index in [1.165, 1.54) is 12.1 Å². The van der Waals surface area contributed by atoms with Crippen LogP contribution in [0.15, 0.2) is 79.5 Å². The van der Waals surface area contributed by atoms with Crippen LogP contribution in [0.1, 0.15) is 36.9 Å². The van der Waals surface area contributed by atoms with Gasteiger partial charge in [-0.05, 0) is 47.9 Å². The van der Waals surface area contributed by atoms with Crippen LogP contribution in [-0.4, -0.2) is 22.5 Å². The van der Waals surface area contributed by atoms with Crippen molar-refractivity contribution in [2.45, 2.75) is 31.4 Å². The van der Waals surface area contributed by atoms with Crippen molar-refractivity contribution in [2.24, 2.45) is 0 Å². The van der Waals surface area contributed by atoms with Crippen molar-refractivity contribution in [2.75, 3.05) is 12.3 Å². The molecule has 32 heavy (non-hydrogen) atoms. The van der Waals surface area contributed by atoms with Crippen molar-refractivity contribution in [3.8, 4) is 11.1 Å². The van der Waals surface area contributed by atoms with E-state index >= 15 is 0 Å². The molecule has 2 aromatic carbocycles. The molecule has 1 amide bonds. The number of carbonyl (C=O) groups excluding carboxylic acids is 1. The fourth-order valence-corrected chi connectivity index (χ4v) is 4.18. The summed E-state index contributed by atoms with van der Waals surface area (Å²) in [6, 6.07) is 17.7. The van der Waals surface area contributed by atoms with Gasteiger partial charge in [0.2, 0.25) is 0 Å². The smallest absolute Gasteiger partial charge is 0.411 e. The highest BCUT2D eigenvalue weighted by molar-refractivity contribution is 5.70. The summed E-state index contributed by atoms with van der Waals surface area (Å²) in [6.45, 7) is 6.33. The molecule has 1 aliphatic heterocycles. The highest BCUT2D eigenvalue weighted by atomic mass is 19.1. The Balaban J connectivity index is 1.51.